The minimum Gasteiger partial charge on any atom is -0.357 e. The third-order valence-electron chi connectivity index (χ3n) is 4.20. The van der Waals surface area contributed by atoms with Crippen molar-refractivity contribution in [1.82, 2.24) is 25.4 Å². The molecule has 0 saturated carbocycles. The molecule has 3 aromatic rings. The van der Waals surface area contributed by atoms with Gasteiger partial charge in [-0.25, -0.2) is 14.7 Å². The second-order valence-electron chi connectivity index (χ2n) is 6.50. The van der Waals surface area contributed by atoms with Crippen LogP contribution < -0.4 is 10.6 Å². The van der Waals surface area contributed by atoms with E-state index >= 15 is 0 Å². The standard InChI is InChI=1S/C21H25ClN6.HI/c1-4-23-21(26-14-18-7-5-6-8-19(18)22)25-13-17-9-10-20(24-12-17)28-16(3)11-15(2)27-28;/h5-12H,4,13-14H2,1-3H3,(H2,23,25,26);1H. The van der Waals surface area contributed by atoms with Crippen LogP contribution in [-0.2, 0) is 13.1 Å². The molecule has 0 bridgehead atoms. The van der Waals surface area contributed by atoms with E-state index < -0.39 is 0 Å². The summed E-state index contributed by atoms with van der Waals surface area (Å²) >= 11 is 6.22. The lowest BCUT2D eigenvalue weighted by Crippen LogP contribution is -2.36. The minimum absolute atomic E-state index is 0. The van der Waals surface area contributed by atoms with Crippen molar-refractivity contribution < 1.29 is 0 Å². The van der Waals surface area contributed by atoms with Gasteiger partial charge in [-0.05, 0) is 50.1 Å². The van der Waals surface area contributed by atoms with Crippen LogP contribution in [0.25, 0.3) is 5.82 Å². The predicted molar refractivity (Wildman–Crippen MR) is 129 cm³/mol. The second-order valence-corrected chi connectivity index (χ2v) is 6.91. The number of guanidine groups is 1. The molecule has 0 unspecified atom stereocenters. The lowest BCUT2D eigenvalue weighted by molar-refractivity contribution is 0.800. The van der Waals surface area contributed by atoms with Crippen LogP contribution in [0.5, 0.6) is 0 Å². The van der Waals surface area contributed by atoms with Gasteiger partial charge >= 0.3 is 0 Å². The highest BCUT2D eigenvalue weighted by Gasteiger charge is 2.05. The Morgan fingerprint density at radius 3 is 2.55 bits per heavy atom. The molecule has 2 heterocycles. The fourth-order valence-electron chi connectivity index (χ4n) is 2.83. The van der Waals surface area contributed by atoms with E-state index in [-0.39, 0.29) is 24.0 Å². The molecule has 0 amide bonds. The maximum absolute atomic E-state index is 6.22. The summed E-state index contributed by atoms with van der Waals surface area (Å²) in [7, 11) is 0. The van der Waals surface area contributed by atoms with Gasteiger partial charge in [0.1, 0.15) is 0 Å². The molecule has 0 aliphatic carbocycles. The number of nitrogens with zero attached hydrogens (tertiary/aromatic N) is 4. The molecule has 2 aromatic heterocycles. The summed E-state index contributed by atoms with van der Waals surface area (Å²) in [6.07, 6.45) is 1.84. The zero-order chi connectivity index (χ0) is 19.9. The number of benzene rings is 1. The van der Waals surface area contributed by atoms with Crippen molar-refractivity contribution in [3.63, 3.8) is 0 Å². The van der Waals surface area contributed by atoms with Crippen molar-refractivity contribution in [2.45, 2.75) is 33.9 Å². The first-order valence-electron chi connectivity index (χ1n) is 9.31. The van der Waals surface area contributed by atoms with Crippen molar-refractivity contribution in [3.8, 4) is 5.82 Å². The molecule has 0 atom stereocenters. The lowest BCUT2D eigenvalue weighted by atomic mass is 10.2. The van der Waals surface area contributed by atoms with Crippen molar-refractivity contribution >= 4 is 41.5 Å². The molecule has 154 valence electrons. The molecule has 0 fully saturated rings. The van der Waals surface area contributed by atoms with E-state index in [0.717, 1.165) is 45.9 Å². The SMILES string of the molecule is CCNC(=NCc1ccc(-n2nc(C)cc2C)nc1)NCc1ccccc1Cl.I. The van der Waals surface area contributed by atoms with E-state index in [1.54, 1.807) is 0 Å². The summed E-state index contributed by atoms with van der Waals surface area (Å²) in [5.74, 6) is 1.55. The van der Waals surface area contributed by atoms with Crippen molar-refractivity contribution in [3.05, 3.63) is 76.2 Å². The summed E-state index contributed by atoms with van der Waals surface area (Å²) in [5.41, 5.74) is 4.10. The lowest BCUT2D eigenvalue weighted by Gasteiger charge is -2.12. The quantitative estimate of drug-likeness (QED) is 0.285. The van der Waals surface area contributed by atoms with E-state index in [1.165, 1.54) is 0 Å². The number of nitrogens with one attached hydrogen (secondary N) is 2. The van der Waals surface area contributed by atoms with Crippen LogP contribution in [0.2, 0.25) is 5.02 Å². The Morgan fingerprint density at radius 2 is 1.93 bits per heavy atom. The number of aliphatic imine (C=N–C) groups is 1. The molecule has 1 aromatic carbocycles. The topological polar surface area (TPSA) is 67.1 Å². The molecule has 6 nitrogen and oxygen atoms in total. The predicted octanol–water partition coefficient (Wildman–Crippen LogP) is 4.41. The number of hydrogen-bond acceptors (Lipinski definition) is 3. The average Bonchev–Trinajstić information content (AvgIpc) is 3.03. The van der Waals surface area contributed by atoms with Crippen molar-refractivity contribution in [1.29, 1.82) is 0 Å². The summed E-state index contributed by atoms with van der Waals surface area (Å²) in [4.78, 5) is 9.17. The second kappa shape index (κ2) is 11.2. The Labute approximate surface area is 193 Å². The number of aromatic nitrogens is 3. The van der Waals surface area contributed by atoms with E-state index in [1.807, 2.05) is 74.1 Å². The fourth-order valence-corrected chi connectivity index (χ4v) is 3.03. The zero-order valence-electron chi connectivity index (χ0n) is 16.8. The summed E-state index contributed by atoms with van der Waals surface area (Å²) in [5, 5.41) is 11.8. The molecular weight excluding hydrogens is 499 g/mol. The Bertz CT molecular complexity index is 952. The van der Waals surface area contributed by atoms with Gasteiger partial charge in [0.05, 0.1) is 12.2 Å². The Morgan fingerprint density at radius 1 is 1.14 bits per heavy atom. The fraction of sp³-hybridized carbons (Fsp3) is 0.286. The first kappa shape index (κ1) is 23.2. The minimum atomic E-state index is 0. The summed E-state index contributed by atoms with van der Waals surface area (Å²) in [6.45, 7) is 7.96. The zero-order valence-corrected chi connectivity index (χ0v) is 19.9. The molecule has 3 rings (SSSR count). The normalized spacial score (nSPS) is 11.1. The average molecular weight is 525 g/mol. The number of rotatable bonds is 6. The Hall–Kier alpha value is -2.13. The summed E-state index contributed by atoms with van der Waals surface area (Å²) in [6, 6.07) is 13.8. The third kappa shape index (κ3) is 6.43. The first-order chi connectivity index (χ1) is 13.6. The monoisotopic (exact) mass is 524 g/mol. The molecule has 29 heavy (non-hydrogen) atoms. The van der Waals surface area contributed by atoms with Gasteiger partial charge in [0, 0.05) is 30.0 Å². The van der Waals surface area contributed by atoms with Crippen LogP contribution in [0.4, 0.5) is 0 Å². The van der Waals surface area contributed by atoms with Gasteiger partial charge in [-0.2, -0.15) is 5.10 Å². The van der Waals surface area contributed by atoms with Gasteiger partial charge in [-0.1, -0.05) is 35.9 Å². The molecular formula is C21H26ClIN6. The van der Waals surface area contributed by atoms with Crippen LogP contribution in [0, 0.1) is 13.8 Å². The van der Waals surface area contributed by atoms with Gasteiger partial charge in [-0.3, -0.25) is 0 Å². The van der Waals surface area contributed by atoms with Gasteiger partial charge in [0.2, 0.25) is 0 Å². The van der Waals surface area contributed by atoms with E-state index in [2.05, 4.69) is 25.7 Å². The van der Waals surface area contributed by atoms with Crippen LogP contribution in [0.1, 0.15) is 29.4 Å². The molecule has 0 aliphatic heterocycles. The molecule has 2 N–H and O–H groups in total. The van der Waals surface area contributed by atoms with Crippen LogP contribution >= 0.6 is 35.6 Å². The molecule has 0 spiro atoms. The van der Waals surface area contributed by atoms with Crippen molar-refractivity contribution in [2.75, 3.05) is 6.54 Å². The maximum atomic E-state index is 6.22. The van der Waals surface area contributed by atoms with E-state index in [9.17, 15) is 0 Å². The number of aryl methyl sites for hydroxylation is 2. The van der Waals surface area contributed by atoms with E-state index in [0.29, 0.717) is 13.1 Å². The highest BCUT2D eigenvalue weighted by atomic mass is 127. The Balaban J connectivity index is 0.00000300. The van der Waals surface area contributed by atoms with Crippen LogP contribution in [0.15, 0.2) is 53.7 Å². The number of hydrogen-bond donors (Lipinski definition) is 2. The first-order valence-corrected chi connectivity index (χ1v) is 9.68. The summed E-state index contributed by atoms with van der Waals surface area (Å²) < 4.78 is 1.84. The third-order valence-corrected chi connectivity index (χ3v) is 4.57. The maximum Gasteiger partial charge on any atom is 0.191 e. The van der Waals surface area contributed by atoms with Gasteiger partial charge in [0.25, 0.3) is 0 Å². The molecule has 0 aliphatic rings. The highest BCUT2D eigenvalue weighted by molar-refractivity contribution is 14.0. The largest absolute Gasteiger partial charge is 0.357 e. The molecule has 0 saturated heterocycles. The number of pyridine rings is 1. The number of halogens is 2. The molecule has 8 heteroatoms. The van der Waals surface area contributed by atoms with E-state index in [4.69, 9.17) is 11.6 Å². The van der Waals surface area contributed by atoms with Gasteiger partial charge in [0.15, 0.2) is 11.8 Å². The highest BCUT2D eigenvalue weighted by Crippen LogP contribution is 2.14. The Kier molecular flexibility index (Phi) is 8.91. The van der Waals surface area contributed by atoms with Gasteiger partial charge < -0.3 is 10.6 Å². The van der Waals surface area contributed by atoms with Crippen LogP contribution in [0.3, 0.4) is 0 Å². The van der Waals surface area contributed by atoms with Crippen molar-refractivity contribution in [2.24, 2.45) is 4.99 Å². The van der Waals surface area contributed by atoms with Crippen LogP contribution in [-0.4, -0.2) is 27.3 Å². The molecule has 0 radical (unpaired) electrons. The van der Waals surface area contributed by atoms with Gasteiger partial charge in [-0.15, -0.1) is 24.0 Å². The smallest absolute Gasteiger partial charge is 0.191 e.